The van der Waals surface area contributed by atoms with E-state index in [4.69, 9.17) is 0 Å². The van der Waals surface area contributed by atoms with Gasteiger partial charge in [-0.05, 0) is 42.4 Å². The Morgan fingerprint density at radius 2 is 1.36 bits per heavy atom. The highest BCUT2D eigenvalue weighted by atomic mass is 19.2. The van der Waals surface area contributed by atoms with Crippen molar-refractivity contribution in [1.82, 2.24) is 0 Å². The molecule has 25 heavy (non-hydrogen) atoms. The predicted octanol–water partition coefficient (Wildman–Crippen LogP) is 5.48. The third kappa shape index (κ3) is 3.55. The maximum Gasteiger partial charge on any atom is 0.200 e. The number of halogens is 5. The van der Waals surface area contributed by atoms with E-state index >= 15 is 0 Å². The summed E-state index contributed by atoms with van der Waals surface area (Å²) in [6, 6.07) is 4.08. The molecule has 0 aliphatic heterocycles. The van der Waals surface area contributed by atoms with Gasteiger partial charge >= 0.3 is 0 Å². The summed E-state index contributed by atoms with van der Waals surface area (Å²) in [6.45, 7) is 3.28. The van der Waals surface area contributed by atoms with Crippen LogP contribution in [0.3, 0.4) is 0 Å². The minimum absolute atomic E-state index is 0.0963. The van der Waals surface area contributed by atoms with E-state index < -0.39 is 40.6 Å². The fourth-order valence-corrected chi connectivity index (χ4v) is 2.88. The highest BCUT2D eigenvalue weighted by molar-refractivity contribution is 5.41. The highest BCUT2D eigenvalue weighted by Gasteiger charge is 2.30. The van der Waals surface area contributed by atoms with Gasteiger partial charge in [0.1, 0.15) is 0 Å². The molecular formula is C18H17F5O2. The fourth-order valence-electron chi connectivity index (χ4n) is 2.88. The third-order valence-corrected chi connectivity index (χ3v) is 4.35. The van der Waals surface area contributed by atoms with Crippen LogP contribution in [0.4, 0.5) is 22.0 Å². The lowest BCUT2D eigenvalue weighted by molar-refractivity contribution is 0.357. The number of phenolic OH excluding ortho intramolecular Hbond substituents is 2. The van der Waals surface area contributed by atoms with Crippen molar-refractivity contribution in [2.75, 3.05) is 0 Å². The summed E-state index contributed by atoms with van der Waals surface area (Å²) in [5.74, 6) is -11.7. The fraction of sp³-hybridized carbons (Fsp3) is 0.333. The van der Waals surface area contributed by atoms with Crippen LogP contribution >= 0.6 is 0 Å². The molecule has 2 rings (SSSR count). The summed E-state index contributed by atoms with van der Waals surface area (Å²) < 4.78 is 68.1. The molecule has 0 spiro atoms. The molecule has 0 bridgehead atoms. The van der Waals surface area contributed by atoms with Crippen LogP contribution in [-0.2, 0) is 0 Å². The van der Waals surface area contributed by atoms with Crippen molar-refractivity contribution in [2.24, 2.45) is 0 Å². The normalized spacial score (nSPS) is 13.7. The molecule has 2 N–H and O–H groups in total. The quantitative estimate of drug-likeness (QED) is 0.321. The number of phenols is 2. The van der Waals surface area contributed by atoms with Gasteiger partial charge in [0.15, 0.2) is 34.8 Å². The second kappa shape index (κ2) is 7.29. The van der Waals surface area contributed by atoms with Crippen LogP contribution < -0.4 is 0 Å². The molecule has 0 amide bonds. The summed E-state index contributed by atoms with van der Waals surface area (Å²) in [5.41, 5.74) is -0.258. The lowest BCUT2D eigenvalue weighted by Gasteiger charge is -2.22. The summed E-state index contributed by atoms with van der Waals surface area (Å²) in [5, 5.41) is 18.9. The average Bonchev–Trinajstić information content (AvgIpc) is 2.59. The third-order valence-electron chi connectivity index (χ3n) is 4.35. The van der Waals surface area contributed by atoms with Gasteiger partial charge in [0.2, 0.25) is 5.82 Å². The zero-order valence-corrected chi connectivity index (χ0v) is 13.6. The molecule has 136 valence electrons. The number of hydrogen-bond acceptors (Lipinski definition) is 2. The molecular weight excluding hydrogens is 343 g/mol. The van der Waals surface area contributed by atoms with Gasteiger partial charge in [0.05, 0.1) is 0 Å². The zero-order valence-electron chi connectivity index (χ0n) is 13.6. The molecule has 2 unspecified atom stereocenters. The van der Waals surface area contributed by atoms with Crippen LogP contribution in [0.2, 0.25) is 0 Å². The first kappa shape index (κ1) is 19.0. The lowest BCUT2D eigenvalue weighted by Crippen LogP contribution is -2.13. The van der Waals surface area contributed by atoms with E-state index in [0.29, 0.717) is 5.56 Å². The Bertz CT molecular complexity index is 763. The van der Waals surface area contributed by atoms with Crippen LogP contribution in [0.5, 0.6) is 11.5 Å². The van der Waals surface area contributed by atoms with Crippen molar-refractivity contribution in [1.29, 1.82) is 0 Å². The van der Waals surface area contributed by atoms with Crippen LogP contribution in [0, 0.1) is 29.1 Å². The van der Waals surface area contributed by atoms with Crippen LogP contribution in [0.15, 0.2) is 18.2 Å². The van der Waals surface area contributed by atoms with Crippen molar-refractivity contribution < 1.29 is 32.2 Å². The van der Waals surface area contributed by atoms with E-state index in [9.17, 15) is 32.2 Å². The zero-order chi connectivity index (χ0) is 18.9. The largest absolute Gasteiger partial charge is 0.504 e. The average molecular weight is 360 g/mol. The maximum absolute atomic E-state index is 14.0. The SMILES string of the molecule is CCC(CC(C)c1ccc(O)c(O)c1)c1c(F)c(F)c(F)c(F)c1F. The number of aromatic hydroxyl groups is 2. The summed E-state index contributed by atoms with van der Waals surface area (Å²) in [6.07, 6.45) is 0.256. The summed E-state index contributed by atoms with van der Waals surface area (Å²) in [7, 11) is 0. The van der Waals surface area contributed by atoms with Crippen molar-refractivity contribution in [2.45, 2.75) is 38.5 Å². The Labute approximate surface area is 141 Å². The van der Waals surface area contributed by atoms with Gasteiger partial charge in [-0.1, -0.05) is 19.9 Å². The summed E-state index contributed by atoms with van der Waals surface area (Å²) in [4.78, 5) is 0. The minimum Gasteiger partial charge on any atom is -0.504 e. The number of hydrogen-bond donors (Lipinski definition) is 2. The van der Waals surface area contributed by atoms with E-state index in [1.54, 1.807) is 13.8 Å². The first-order chi connectivity index (χ1) is 11.7. The minimum atomic E-state index is -2.18. The van der Waals surface area contributed by atoms with Gasteiger partial charge in [-0.3, -0.25) is 0 Å². The first-order valence-corrected chi connectivity index (χ1v) is 7.72. The molecule has 0 aliphatic carbocycles. The van der Waals surface area contributed by atoms with Gasteiger partial charge in [-0.25, -0.2) is 22.0 Å². The van der Waals surface area contributed by atoms with Gasteiger partial charge in [-0.15, -0.1) is 0 Å². The molecule has 0 aliphatic rings. The lowest BCUT2D eigenvalue weighted by atomic mass is 9.84. The maximum atomic E-state index is 14.0. The smallest absolute Gasteiger partial charge is 0.200 e. The van der Waals surface area contributed by atoms with Crippen molar-refractivity contribution in [3.8, 4) is 11.5 Å². The molecule has 2 nitrogen and oxygen atoms in total. The topological polar surface area (TPSA) is 40.5 Å². The first-order valence-electron chi connectivity index (χ1n) is 7.72. The number of rotatable bonds is 5. The Hall–Kier alpha value is -2.31. The molecule has 0 fully saturated rings. The second-order valence-electron chi connectivity index (χ2n) is 5.97. The predicted molar refractivity (Wildman–Crippen MR) is 82.1 cm³/mol. The molecule has 0 saturated heterocycles. The summed E-state index contributed by atoms with van der Waals surface area (Å²) >= 11 is 0. The van der Waals surface area contributed by atoms with Gasteiger partial charge in [0.25, 0.3) is 0 Å². The van der Waals surface area contributed by atoms with E-state index in [0.717, 1.165) is 0 Å². The van der Waals surface area contributed by atoms with Gasteiger partial charge in [0, 0.05) is 5.56 Å². The Balaban J connectivity index is 2.39. The molecule has 2 aromatic rings. The van der Waals surface area contributed by atoms with E-state index in [1.807, 2.05) is 0 Å². The molecule has 0 aromatic heterocycles. The molecule has 7 heteroatoms. The Morgan fingerprint density at radius 1 is 0.840 bits per heavy atom. The molecule has 0 heterocycles. The van der Waals surface area contributed by atoms with Crippen molar-refractivity contribution in [3.05, 3.63) is 58.4 Å². The molecule has 2 atom stereocenters. The van der Waals surface area contributed by atoms with E-state index in [1.165, 1.54) is 18.2 Å². The monoisotopic (exact) mass is 360 g/mol. The van der Waals surface area contributed by atoms with E-state index in [2.05, 4.69) is 0 Å². The second-order valence-corrected chi connectivity index (χ2v) is 5.97. The molecule has 2 aromatic carbocycles. The van der Waals surface area contributed by atoms with Crippen LogP contribution in [-0.4, -0.2) is 10.2 Å². The Morgan fingerprint density at radius 3 is 1.84 bits per heavy atom. The van der Waals surface area contributed by atoms with Crippen molar-refractivity contribution >= 4 is 0 Å². The van der Waals surface area contributed by atoms with Crippen LogP contribution in [0.25, 0.3) is 0 Å². The molecule has 0 radical (unpaired) electrons. The number of benzene rings is 2. The van der Waals surface area contributed by atoms with Crippen LogP contribution in [0.1, 0.15) is 49.7 Å². The van der Waals surface area contributed by atoms with Gasteiger partial charge in [-0.2, -0.15) is 0 Å². The van der Waals surface area contributed by atoms with Gasteiger partial charge < -0.3 is 10.2 Å². The van der Waals surface area contributed by atoms with E-state index in [-0.39, 0.29) is 30.3 Å². The highest BCUT2D eigenvalue weighted by Crippen LogP contribution is 2.38. The molecule has 0 saturated carbocycles. The standard InChI is InChI=1S/C18H17F5O2/c1-3-9(6-8(2)10-4-5-11(24)12(25)7-10)13-14(19)16(21)18(23)17(22)15(13)20/h4-5,7-9,24-25H,3,6H2,1-2H3. The van der Waals surface area contributed by atoms with Crippen molar-refractivity contribution in [3.63, 3.8) is 0 Å². The Kier molecular flexibility index (Phi) is 5.55.